The van der Waals surface area contributed by atoms with Crippen LogP contribution < -0.4 is 4.57 Å². The number of rotatable bonds is 1. The first-order chi connectivity index (χ1) is 14.5. The van der Waals surface area contributed by atoms with Gasteiger partial charge in [-0.15, -0.1) is 0 Å². The molecule has 0 bridgehead atoms. The number of fused-ring (bicyclic) bond motifs is 3. The van der Waals surface area contributed by atoms with Crippen LogP contribution in [0.15, 0.2) is 72.8 Å². The van der Waals surface area contributed by atoms with E-state index in [4.69, 9.17) is 0 Å². The number of benzene rings is 4. The Morgan fingerprint density at radius 3 is 2.17 bits per heavy atom. The van der Waals surface area contributed by atoms with E-state index in [1.807, 2.05) is 0 Å². The Bertz CT molecular complexity index is 1460. The summed E-state index contributed by atoms with van der Waals surface area (Å²) in [7, 11) is 0. The maximum Gasteiger partial charge on any atom is 0.269 e. The van der Waals surface area contributed by atoms with Crippen molar-refractivity contribution in [3.8, 4) is 11.4 Å². The number of hydrogen-bond donors (Lipinski definition) is 0. The Morgan fingerprint density at radius 1 is 0.767 bits per heavy atom. The van der Waals surface area contributed by atoms with Crippen molar-refractivity contribution < 1.29 is 4.57 Å². The van der Waals surface area contributed by atoms with Gasteiger partial charge in [0.05, 0.1) is 22.4 Å². The average molecular weight is 389 g/mol. The van der Waals surface area contributed by atoms with Crippen molar-refractivity contribution in [1.82, 2.24) is 4.57 Å². The monoisotopic (exact) mass is 388 g/mol. The van der Waals surface area contributed by atoms with Gasteiger partial charge in [0.2, 0.25) is 0 Å². The zero-order chi connectivity index (χ0) is 20.6. The minimum absolute atomic E-state index is 0.0837. The topological polar surface area (TPSA) is 8.81 Å². The van der Waals surface area contributed by atoms with E-state index in [0.717, 1.165) is 0 Å². The van der Waals surface area contributed by atoms with Gasteiger partial charge in [0.1, 0.15) is 0 Å². The average Bonchev–Trinajstić information content (AvgIpc) is 3.11. The molecule has 0 amide bonds. The van der Waals surface area contributed by atoms with Crippen molar-refractivity contribution in [2.24, 2.45) is 0 Å². The van der Waals surface area contributed by atoms with Gasteiger partial charge in [-0.2, -0.15) is 0 Å². The summed E-state index contributed by atoms with van der Waals surface area (Å²) >= 11 is 0. The van der Waals surface area contributed by atoms with E-state index < -0.39 is 0 Å². The van der Waals surface area contributed by atoms with Gasteiger partial charge in [0.15, 0.2) is 0 Å². The van der Waals surface area contributed by atoms with Gasteiger partial charge in [-0.3, -0.25) is 9.13 Å². The molecule has 2 nitrogen and oxygen atoms in total. The Hall–Kier alpha value is -3.39. The summed E-state index contributed by atoms with van der Waals surface area (Å²) in [5, 5.41) is 2.55. The standard InChI is InChI=1S/C28H24N2/c1-18-9-7-10-19(2)26(18)29-17-30-25-16-21-12-6-5-11-20(21)15-23(25)28(3,4)22-13-8-14-24(29)27(22)30/h5-16H,1-4H3. The number of nitrogens with zero attached hydrogens (tertiary/aromatic N) is 2. The largest absolute Gasteiger partial charge is 0.291 e. The first-order valence-electron chi connectivity index (χ1n) is 10.6. The van der Waals surface area contributed by atoms with Crippen LogP contribution in [-0.2, 0) is 5.41 Å². The second-order valence-corrected chi connectivity index (χ2v) is 9.03. The van der Waals surface area contributed by atoms with Gasteiger partial charge in [-0.05, 0) is 52.9 Å². The van der Waals surface area contributed by atoms with Gasteiger partial charge >= 0.3 is 0 Å². The highest BCUT2D eigenvalue weighted by Crippen LogP contribution is 2.42. The van der Waals surface area contributed by atoms with Crippen molar-refractivity contribution in [2.75, 3.05) is 0 Å². The van der Waals surface area contributed by atoms with E-state index >= 15 is 0 Å². The molecule has 4 aromatic carbocycles. The summed E-state index contributed by atoms with van der Waals surface area (Å²) in [6.07, 6.45) is 3.72. The zero-order valence-corrected chi connectivity index (χ0v) is 17.8. The predicted molar refractivity (Wildman–Crippen MR) is 123 cm³/mol. The molecule has 1 aromatic heterocycles. The van der Waals surface area contributed by atoms with Gasteiger partial charge in [0.25, 0.3) is 6.33 Å². The number of aryl methyl sites for hydroxylation is 2. The lowest BCUT2D eigenvalue weighted by molar-refractivity contribution is -0.575. The second kappa shape index (κ2) is 5.82. The van der Waals surface area contributed by atoms with Gasteiger partial charge in [-0.1, -0.05) is 80.6 Å². The Balaban J connectivity index is 1.78. The lowest BCUT2D eigenvalue weighted by Gasteiger charge is -2.34. The number of imidazole rings is 1. The summed E-state index contributed by atoms with van der Waals surface area (Å²) in [4.78, 5) is 0. The maximum absolute atomic E-state index is 3.72. The van der Waals surface area contributed by atoms with Crippen molar-refractivity contribution in [3.05, 3.63) is 101 Å². The van der Waals surface area contributed by atoms with E-state index in [0.29, 0.717) is 0 Å². The molecular formula is C28H24N2. The van der Waals surface area contributed by atoms with Crippen LogP contribution in [0.1, 0.15) is 36.1 Å². The number of aromatic nitrogens is 2. The van der Waals surface area contributed by atoms with E-state index in [-0.39, 0.29) is 5.41 Å². The molecule has 2 heterocycles. The third kappa shape index (κ3) is 2.16. The second-order valence-electron chi connectivity index (χ2n) is 9.03. The molecule has 1 aliphatic heterocycles. The zero-order valence-electron chi connectivity index (χ0n) is 17.8. The Labute approximate surface area is 177 Å². The van der Waals surface area contributed by atoms with Gasteiger partial charge < -0.3 is 0 Å². The summed E-state index contributed by atoms with van der Waals surface area (Å²) < 4.78 is 4.54. The normalized spacial score (nSPS) is 14.3. The van der Waals surface area contributed by atoms with Crippen molar-refractivity contribution in [1.29, 1.82) is 0 Å². The number of para-hydroxylation sites is 2. The molecule has 5 aromatic rings. The van der Waals surface area contributed by atoms with Crippen LogP contribution in [0.4, 0.5) is 0 Å². The molecule has 0 spiro atoms. The molecule has 0 aliphatic carbocycles. The molecule has 0 saturated heterocycles. The molecule has 146 valence electrons. The van der Waals surface area contributed by atoms with Crippen LogP contribution in [0.5, 0.6) is 0 Å². The van der Waals surface area contributed by atoms with Crippen LogP contribution in [0.25, 0.3) is 33.2 Å². The molecule has 6 rings (SSSR count). The molecule has 0 radical (unpaired) electrons. The van der Waals surface area contributed by atoms with Crippen LogP contribution >= 0.6 is 0 Å². The Kier molecular flexibility index (Phi) is 3.39. The van der Waals surface area contributed by atoms with Crippen LogP contribution in [0, 0.1) is 20.2 Å². The molecule has 0 N–H and O–H groups in total. The van der Waals surface area contributed by atoms with Crippen LogP contribution in [0.3, 0.4) is 0 Å². The van der Waals surface area contributed by atoms with E-state index in [2.05, 4.69) is 116 Å². The van der Waals surface area contributed by atoms with Crippen LogP contribution in [0.2, 0.25) is 0 Å². The highest BCUT2D eigenvalue weighted by atomic mass is 15.2. The lowest BCUT2D eigenvalue weighted by atomic mass is 9.74. The first-order valence-corrected chi connectivity index (χ1v) is 10.6. The summed E-state index contributed by atoms with van der Waals surface area (Å²) in [6, 6.07) is 26.5. The molecule has 1 aliphatic rings. The fourth-order valence-electron chi connectivity index (χ4n) is 5.22. The fourth-order valence-corrected chi connectivity index (χ4v) is 5.22. The minimum atomic E-state index is -0.0837. The third-order valence-electron chi connectivity index (χ3n) is 6.79. The summed E-state index contributed by atoms with van der Waals surface area (Å²) in [5.41, 5.74) is 10.1. The molecule has 0 saturated carbocycles. The Morgan fingerprint density at radius 2 is 1.43 bits per heavy atom. The SMILES string of the molecule is Cc1cccc(C)c1-n1[c-][n+]2c3c(cccc31)C(C)(C)c1cc3ccccc3cc1-2. The van der Waals surface area contributed by atoms with Crippen molar-refractivity contribution >= 4 is 21.8 Å². The molecule has 0 fully saturated rings. The summed E-state index contributed by atoms with van der Waals surface area (Å²) in [6.45, 7) is 9.05. The summed E-state index contributed by atoms with van der Waals surface area (Å²) in [5.74, 6) is 0. The van der Waals surface area contributed by atoms with E-state index in [1.54, 1.807) is 0 Å². The quantitative estimate of drug-likeness (QED) is 0.242. The van der Waals surface area contributed by atoms with Gasteiger partial charge in [-0.25, -0.2) is 0 Å². The molecule has 30 heavy (non-hydrogen) atoms. The number of hydrogen-bond acceptors (Lipinski definition) is 0. The lowest BCUT2D eigenvalue weighted by Crippen LogP contribution is -2.40. The maximum atomic E-state index is 3.72. The highest BCUT2D eigenvalue weighted by Gasteiger charge is 2.35. The minimum Gasteiger partial charge on any atom is -0.291 e. The van der Waals surface area contributed by atoms with Crippen molar-refractivity contribution in [3.63, 3.8) is 0 Å². The molecule has 0 atom stereocenters. The van der Waals surface area contributed by atoms with Crippen molar-refractivity contribution in [2.45, 2.75) is 33.1 Å². The fraction of sp³-hybridized carbons (Fsp3) is 0.179. The van der Waals surface area contributed by atoms with E-state index in [9.17, 15) is 0 Å². The van der Waals surface area contributed by atoms with E-state index in [1.165, 1.54) is 55.4 Å². The molecule has 2 heteroatoms. The smallest absolute Gasteiger partial charge is 0.269 e. The predicted octanol–water partition coefficient (Wildman–Crippen LogP) is 6.12. The molecule has 0 unspecified atom stereocenters. The third-order valence-corrected chi connectivity index (χ3v) is 6.79. The first kappa shape index (κ1) is 17.5. The highest BCUT2D eigenvalue weighted by molar-refractivity contribution is 5.88. The van der Waals surface area contributed by atoms with Crippen LogP contribution in [-0.4, -0.2) is 4.57 Å². The van der Waals surface area contributed by atoms with Gasteiger partial charge in [0, 0.05) is 5.41 Å². The molecular weight excluding hydrogens is 364 g/mol.